The van der Waals surface area contributed by atoms with E-state index in [4.69, 9.17) is 0 Å². The number of aliphatic hydroxyl groups excluding tert-OH is 1. The number of nitro groups is 1. The van der Waals surface area contributed by atoms with Crippen molar-refractivity contribution in [2.45, 2.75) is 20.0 Å². The molecule has 0 aliphatic carbocycles. The first-order chi connectivity index (χ1) is 7.91. The molecule has 7 heteroatoms. The van der Waals surface area contributed by atoms with E-state index in [-0.39, 0.29) is 22.3 Å². The predicted octanol–water partition coefficient (Wildman–Crippen LogP) is 1.40. The van der Waals surface area contributed by atoms with Gasteiger partial charge in [0, 0.05) is 12.6 Å². The van der Waals surface area contributed by atoms with Gasteiger partial charge >= 0.3 is 5.00 Å². The van der Waals surface area contributed by atoms with Gasteiger partial charge in [0.15, 0.2) is 0 Å². The Kier molecular flexibility index (Phi) is 4.59. The van der Waals surface area contributed by atoms with Crippen LogP contribution in [0.3, 0.4) is 0 Å². The number of hydrogen-bond donors (Lipinski definition) is 2. The van der Waals surface area contributed by atoms with E-state index in [2.05, 4.69) is 5.32 Å². The molecular formula is C10H14N2O4S. The lowest BCUT2D eigenvalue weighted by Gasteiger charge is -2.14. The molecule has 2 N–H and O–H groups in total. The largest absolute Gasteiger partial charge is 0.391 e. The van der Waals surface area contributed by atoms with Crippen molar-refractivity contribution >= 4 is 22.2 Å². The second kappa shape index (κ2) is 5.74. The number of carbonyl (C=O) groups is 1. The first-order valence-electron chi connectivity index (χ1n) is 5.12. The van der Waals surface area contributed by atoms with Crippen molar-refractivity contribution in [3.05, 3.63) is 27.1 Å². The normalized spacial score (nSPS) is 12.5. The SMILES string of the molecule is CC(C)C(O)CNC(=O)c1ccc([N+](=O)[O-])s1. The molecule has 0 bridgehead atoms. The molecule has 0 aliphatic heterocycles. The van der Waals surface area contributed by atoms with Crippen LogP contribution in [0, 0.1) is 16.0 Å². The Balaban J connectivity index is 2.55. The summed E-state index contributed by atoms with van der Waals surface area (Å²) in [5.74, 6) is -0.351. The summed E-state index contributed by atoms with van der Waals surface area (Å²) in [5.41, 5.74) is 0. The highest BCUT2D eigenvalue weighted by Gasteiger charge is 2.16. The van der Waals surface area contributed by atoms with Crippen LogP contribution in [0.1, 0.15) is 23.5 Å². The minimum Gasteiger partial charge on any atom is -0.391 e. The van der Waals surface area contributed by atoms with Gasteiger partial charge in [-0.2, -0.15) is 0 Å². The molecule has 94 valence electrons. The van der Waals surface area contributed by atoms with Crippen LogP contribution in [0.4, 0.5) is 5.00 Å². The van der Waals surface area contributed by atoms with Crippen LogP contribution in [0.25, 0.3) is 0 Å². The number of thiophene rings is 1. The van der Waals surface area contributed by atoms with Crippen molar-refractivity contribution < 1.29 is 14.8 Å². The lowest BCUT2D eigenvalue weighted by atomic mass is 10.1. The fourth-order valence-electron chi connectivity index (χ4n) is 1.07. The molecule has 1 atom stereocenters. The minimum atomic E-state index is -0.617. The number of amides is 1. The van der Waals surface area contributed by atoms with Crippen LogP contribution in [0.5, 0.6) is 0 Å². The Bertz CT molecular complexity index is 416. The van der Waals surface area contributed by atoms with Crippen molar-refractivity contribution in [2.75, 3.05) is 6.54 Å². The van der Waals surface area contributed by atoms with Gasteiger partial charge in [0.2, 0.25) is 0 Å². The summed E-state index contributed by atoms with van der Waals surface area (Å²) in [6, 6.07) is 2.69. The molecule has 17 heavy (non-hydrogen) atoms. The molecule has 0 radical (unpaired) electrons. The summed E-state index contributed by atoms with van der Waals surface area (Å²) in [6.07, 6.45) is -0.617. The Morgan fingerprint density at radius 1 is 1.59 bits per heavy atom. The third-order valence-corrected chi connectivity index (χ3v) is 3.27. The Morgan fingerprint density at radius 2 is 2.24 bits per heavy atom. The number of carbonyl (C=O) groups excluding carboxylic acids is 1. The number of nitrogens with one attached hydrogen (secondary N) is 1. The summed E-state index contributed by atoms with van der Waals surface area (Å²) in [7, 11) is 0. The highest BCUT2D eigenvalue weighted by atomic mass is 32.1. The number of aliphatic hydroxyl groups is 1. The number of rotatable bonds is 5. The van der Waals surface area contributed by atoms with Gasteiger partial charge in [-0.3, -0.25) is 14.9 Å². The number of nitrogens with zero attached hydrogens (tertiary/aromatic N) is 1. The van der Waals surface area contributed by atoms with Crippen molar-refractivity contribution in [2.24, 2.45) is 5.92 Å². The smallest absolute Gasteiger partial charge is 0.324 e. The second-order valence-electron chi connectivity index (χ2n) is 3.92. The van der Waals surface area contributed by atoms with Gasteiger partial charge in [0.05, 0.1) is 15.9 Å². The Labute approximate surface area is 102 Å². The maximum absolute atomic E-state index is 11.6. The van der Waals surface area contributed by atoms with E-state index in [1.54, 1.807) is 0 Å². The van der Waals surface area contributed by atoms with Crippen LogP contribution < -0.4 is 5.32 Å². The van der Waals surface area contributed by atoms with E-state index in [0.29, 0.717) is 0 Å². The van der Waals surface area contributed by atoms with E-state index in [1.807, 2.05) is 13.8 Å². The van der Waals surface area contributed by atoms with E-state index in [1.165, 1.54) is 12.1 Å². The molecule has 0 aliphatic rings. The highest BCUT2D eigenvalue weighted by Crippen LogP contribution is 2.23. The quantitative estimate of drug-likeness (QED) is 0.616. The molecule has 1 rings (SSSR count). The van der Waals surface area contributed by atoms with Crippen LogP contribution in [0.15, 0.2) is 12.1 Å². The molecule has 0 saturated carbocycles. The van der Waals surface area contributed by atoms with Gasteiger partial charge in [-0.15, -0.1) is 0 Å². The Hall–Kier alpha value is -1.47. The van der Waals surface area contributed by atoms with E-state index in [0.717, 1.165) is 11.3 Å². The molecule has 0 aromatic carbocycles. The maximum atomic E-state index is 11.6. The maximum Gasteiger partial charge on any atom is 0.324 e. The zero-order valence-electron chi connectivity index (χ0n) is 9.54. The van der Waals surface area contributed by atoms with Crippen molar-refractivity contribution in [3.63, 3.8) is 0 Å². The topological polar surface area (TPSA) is 92.5 Å². The molecular weight excluding hydrogens is 244 g/mol. The van der Waals surface area contributed by atoms with Crippen LogP contribution >= 0.6 is 11.3 Å². The predicted molar refractivity (Wildman–Crippen MR) is 64.2 cm³/mol. The third-order valence-electron chi connectivity index (χ3n) is 2.24. The number of hydrogen-bond acceptors (Lipinski definition) is 5. The third kappa shape index (κ3) is 3.79. The zero-order valence-corrected chi connectivity index (χ0v) is 10.4. The summed E-state index contributed by atoms with van der Waals surface area (Å²) in [4.78, 5) is 21.7. The van der Waals surface area contributed by atoms with Gasteiger partial charge in [0.1, 0.15) is 0 Å². The van der Waals surface area contributed by atoms with Crippen molar-refractivity contribution in [1.82, 2.24) is 5.32 Å². The highest BCUT2D eigenvalue weighted by molar-refractivity contribution is 7.17. The van der Waals surface area contributed by atoms with Gasteiger partial charge in [-0.1, -0.05) is 25.2 Å². The van der Waals surface area contributed by atoms with E-state index >= 15 is 0 Å². The fraction of sp³-hybridized carbons (Fsp3) is 0.500. The molecule has 1 amide bonds. The minimum absolute atomic E-state index is 0.0490. The van der Waals surface area contributed by atoms with E-state index < -0.39 is 16.9 Å². The molecule has 0 fully saturated rings. The summed E-state index contributed by atoms with van der Waals surface area (Å²) < 4.78 is 0. The zero-order chi connectivity index (χ0) is 13.0. The summed E-state index contributed by atoms with van der Waals surface area (Å²) in [6.45, 7) is 3.82. The van der Waals surface area contributed by atoms with Crippen molar-refractivity contribution in [3.8, 4) is 0 Å². The van der Waals surface area contributed by atoms with E-state index in [9.17, 15) is 20.0 Å². The van der Waals surface area contributed by atoms with Gasteiger partial charge < -0.3 is 10.4 Å². The van der Waals surface area contributed by atoms with Gasteiger partial charge in [-0.25, -0.2) is 0 Å². The first kappa shape index (κ1) is 13.6. The molecule has 1 aromatic heterocycles. The molecule has 0 spiro atoms. The first-order valence-corrected chi connectivity index (χ1v) is 5.94. The molecule has 1 unspecified atom stereocenters. The average Bonchev–Trinajstić information content (AvgIpc) is 2.74. The Morgan fingerprint density at radius 3 is 2.71 bits per heavy atom. The lowest BCUT2D eigenvalue weighted by Crippen LogP contribution is -2.34. The molecule has 6 nitrogen and oxygen atoms in total. The fourth-order valence-corrected chi connectivity index (χ4v) is 1.80. The van der Waals surface area contributed by atoms with Crippen molar-refractivity contribution in [1.29, 1.82) is 0 Å². The second-order valence-corrected chi connectivity index (χ2v) is 4.98. The molecule has 1 aromatic rings. The van der Waals surface area contributed by atoms with Gasteiger partial charge in [-0.05, 0) is 12.0 Å². The van der Waals surface area contributed by atoms with Crippen LogP contribution in [0.2, 0.25) is 0 Å². The monoisotopic (exact) mass is 258 g/mol. The van der Waals surface area contributed by atoms with Crippen LogP contribution in [-0.2, 0) is 0 Å². The average molecular weight is 258 g/mol. The summed E-state index contributed by atoms with van der Waals surface area (Å²) in [5, 5.41) is 22.4. The summed E-state index contributed by atoms with van der Waals surface area (Å²) >= 11 is 0.816. The molecule has 1 heterocycles. The van der Waals surface area contributed by atoms with Gasteiger partial charge in [0.25, 0.3) is 5.91 Å². The van der Waals surface area contributed by atoms with Crippen LogP contribution in [-0.4, -0.2) is 28.6 Å². The lowest BCUT2D eigenvalue weighted by molar-refractivity contribution is -0.380. The standard InChI is InChI=1S/C10H14N2O4S/c1-6(2)7(13)5-11-10(14)8-3-4-9(17-8)12(15)16/h3-4,6-7,13H,5H2,1-2H3,(H,11,14). The molecule has 0 saturated heterocycles.